The summed E-state index contributed by atoms with van der Waals surface area (Å²) in [5.74, 6) is 2.15. The van der Waals surface area contributed by atoms with Gasteiger partial charge in [-0.15, -0.1) is 0 Å². The SMILES string of the molecule is COc1ccc(NCc2nc([C@H](N)c3ccccc3)n[nH]2)cc1. The van der Waals surface area contributed by atoms with E-state index in [-0.39, 0.29) is 6.04 Å². The van der Waals surface area contributed by atoms with Gasteiger partial charge in [-0.2, -0.15) is 5.10 Å². The summed E-state index contributed by atoms with van der Waals surface area (Å²) in [6.07, 6.45) is 0. The lowest BCUT2D eigenvalue weighted by Gasteiger charge is -2.07. The summed E-state index contributed by atoms with van der Waals surface area (Å²) in [4.78, 5) is 4.46. The number of methoxy groups -OCH3 is 1. The van der Waals surface area contributed by atoms with Crippen molar-refractivity contribution in [3.63, 3.8) is 0 Å². The van der Waals surface area contributed by atoms with Crippen LogP contribution >= 0.6 is 0 Å². The van der Waals surface area contributed by atoms with Crippen molar-refractivity contribution >= 4 is 5.69 Å². The Morgan fingerprint density at radius 1 is 1.13 bits per heavy atom. The molecule has 6 heteroatoms. The highest BCUT2D eigenvalue weighted by Crippen LogP contribution is 2.17. The third-order valence-electron chi connectivity index (χ3n) is 3.54. The van der Waals surface area contributed by atoms with Gasteiger partial charge < -0.3 is 15.8 Å². The standard InChI is InChI=1S/C17H19N5O/c1-23-14-9-7-13(8-10-14)19-11-15-20-17(22-21-15)16(18)12-5-3-2-4-6-12/h2-10,16,19H,11,18H2,1H3,(H,20,21,22)/t16-/m1/s1. The van der Waals surface area contributed by atoms with E-state index in [1.165, 1.54) is 0 Å². The molecule has 0 aliphatic heterocycles. The number of nitrogens with two attached hydrogens (primary N) is 1. The van der Waals surface area contributed by atoms with E-state index in [9.17, 15) is 0 Å². The van der Waals surface area contributed by atoms with Crippen LogP contribution in [0.2, 0.25) is 0 Å². The van der Waals surface area contributed by atoms with E-state index < -0.39 is 0 Å². The number of rotatable bonds is 6. The molecule has 2 aromatic carbocycles. The van der Waals surface area contributed by atoms with Gasteiger partial charge in [-0.25, -0.2) is 4.98 Å². The molecule has 0 saturated carbocycles. The number of nitrogens with zero attached hydrogens (tertiary/aromatic N) is 2. The van der Waals surface area contributed by atoms with E-state index >= 15 is 0 Å². The van der Waals surface area contributed by atoms with Crippen molar-refractivity contribution in [3.05, 3.63) is 71.8 Å². The Morgan fingerprint density at radius 2 is 1.87 bits per heavy atom. The van der Waals surface area contributed by atoms with E-state index in [0.717, 1.165) is 22.8 Å². The van der Waals surface area contributed by atoms with Crippen LogP contribution in [0, 0.1) is 0 Å². The van der Waals surface area contributed by atoms with Gasteiger partial charge in [-0.1, -0.05) is 30.3 Å². The van der Waals surface area contributed by atoms with Gasteiger partial charge in [0.2, 0.25) is 0 Å². The zero-order valence-corrected chi connectivity index (χ0v) is 12.9. The molecule has 0 spiro atoms. The highest BCUT2D eigenvalue weighted by atomic mass is 16.5. The average molecular weight is 309 g/mol. The Labute approximate surface area is 134 Å². The first kappa shape index (κ1) is 15.1. The second kappa shape index (κ2) is 6.93. The highest BCUT2D eigenvalue weighted by molar-refractivity contribution is 5.46. The first-order chi connectivity index (χ1) is 11.3. The molecule has 0 amide bonds. The molecule has 1 atom stereocenters. The molecule has 0 unspecified atom stereocenters. The zero-order valence-electron chi connectivity index (χ0n) is 12.9. The van der Waals surface area contributed by atoms with Crippen LogP contribution in [0.25, 0.3) is 0 Å². The number of hydrogen-bond acceptors (Lipinski definition) is 5. The summed E-state index contributed by atoms with van der Waals surface area (Å²) >= 11 is 0. The minimum atomic E-state index is -0.331. The Morgan fingerprint density at radius 3 is 2.57 bits per heavy atom. The van der Waals surface area contributed by atoms with Crippen molar-refractivity contribution in [2.24, 2.45) is 5.73 Å². The Balaban J connectivity index is 1.62. The lowest BCUT2D eigenvalue weighted by atomic mass is 10.1. The van der Waals surface area contributed by atoms with E-state index in [4.69, 9.17) is 10.5 Å². The van der Waals surface area contributed by atoms with Gasteiger partial charge >= 0.3 is 0 Å². The largest absolute Gasteiger partial charge is 0.497 e. The van der Waals surface area contributed by atoms with E-state index in [1.807, 2.05) is 54.6 Å². The van der Waals surface area contributed by atoms with Crippen molar-refractivity contribution in [1.29, 1.82) is 0 Å². The maximum atomic E-state index is 6.19. The molecular weight excluding hydrogens is 290 g/mol. The van der Waals surface area contributed by atoms with Gasteiger partial charge in [-0.05, 0) is 29.8 Å². The van der Waals surface area contributed by atoms with Gasteiger partial charge in [0.25, 0.3) is 0 Å². The van der Waals surface area contributed by atoms with Crippen LogP contribution in [0.15, 0.2) is 54.6 Å². The number of aromatic amines is 1. The fourth-order valence-electron chi connectivity index (χ4n) is 2.23. The maximum Gasteiger partial charge on any atom is 0.171 e. The fourth-order valence-corrected chi connectivity index (χ4v) is 2.23. The topological polar surface area (TPSA) is 88.8 Å². The summed E-state index contributed by atoms with van der Waals surface area (Å²) in [6, 6.07) is 17.2. The monoisotopic (exact) mass is 309 g/mol. The van der Waals surface area contributed by atoms with Crippen molar-refractivity contribution < 1.29 is 4.74 Å². The van der Waals surface area contributed by atoms with Crippen molar-refractivity contribution in [2.45, 2.75) is 12.6 Å². The predicted octanol–water partition coefficient (Wildman–Crippen LogP) is 2.47. The number of aromatic nitrogens is 3. The van der Waals surface area contributed by atoms with E-state index in [0.29, 0.717) is 12.4 Å². The van der Waals surface area contributed by atoms with Crippen LogP contribution in [-0.2, 0) is 6.54 Å². The third-order valence-corrected chi connectivity index (χ3v) is 3.54. The fraction of sp³-hybridized carbons (Fsp3) is 0.176. The molecule has 0 saturated heterocycles. The molecule has 23 heavy (non-hydrogen) atoms. The van der Waals surface area contributed by atoms with E-state index in [2.05, 4.69) is 20.5 Å². The molecule has 0 aliphatic carbocycles. The van der Waals surface area contributed by atoms with Crippen molar-refractivity contribution in [1.82, 2.24) is 15.2 Å². The Hall–Kier alpha value is -2.86. The first-order valence-electron chi connectivity index (χ1n) is 7.36. The molecule has 0 radical (unpaired) electrons. The molecule has 3 aromatic rings. The third kappa shape index (κ3) is 3.67. The van der Waals surface area contributed by atoms with Crippen LogP contribution < -0.4 is 15.8 Å². The lowest BCUT2D eigenvalue weighted by Crippen LogP contribution is -2.13. The number of H-pyrrole nitrogens is 1. The normalized spacial score (nSPS) is 11.9. The lowest BCUT2D eigenvalue weighted by molar-refractivity contribution is 0.415. The molecule has 0 bridgehead atoms. The molecule has 1 aromatic heterocycles. The summed E-state index contributed by atoms with van der Waals surface area (Å²) in [5, 5.41) is 10.4. The zero-order chi connectivity index (χ0) is 16.1. The highest BCUT2D eigenvalue weighted by Gasteiger charge is 2.13. The van der Waals surface area contributed by atoms with Gasteiger partial charge in [0.1, 0.15) is 11.6 Å². The molecule has 118 valence electrons. The first-order valence-corrected chi connectivity index (χ1v) is 7.36. The Bertz CT molecular complexity index is 739. The summed E-state index contributed by atoms with van der Waals surface area (Å²) in [5.41, 5.74) is 8.16. The molecule has 0 fully saturated rings. The van der Waals surface area contributed by atoms with Crippen LogP contribution in [-0.4, -0.2) is 22.3 Å². The van der Waals surface area contributed by atoms with Crippen LogP contribution in [0.4, 0.5) is 5.69 Å². The smallest absolute Gasteiger partial charge is 0.171 e. The van der Waals surface area contributed by atoms with Crippen LogP contribution in [0.3, 0.4) is 0 Å². The van der Waals surface area contributed by atoms with Gasteiger partial charge in [0.05, 0.1) is 19.7 Å². The number of benzene rings is 2. The minimum Gasteiger partial charge on any atom is -0.497 e. The van der Waals surface area contributed by atoms with Gasteiger partial charge in [0.15, 0.2) is 5.82 Å². The van der Waals surface area contributed by atoms with Crippen molar-refractivity contribution in [2.75, 3.05) is 12.4 Å². The minimum absolute atomic E-state index is 0.331. The second-order valence-electron chi connectivity index (χ2n) is 5.11. The maximum absolute atomic E-state index is 6.19. The van der Waals surface area contributed by atoms with Gasteiger partial charge in [0, 0.05) is 5.69 Å². The quantitative estimate of drug-likeness (QED) is 0.651. The van der Waals surface area contributed by atoms with Crippen molar-refractivity contribution in [3.8, 4) is 5.75 Å². The number of ether oxygens (including phenoxy) is 1. The van der Waals surface area contributed by atoms with E-state index in [1.54, 1.807) is 7.11 Å². The molecular formula is C17H19N5O. The summed E-state index contributed by atoms with van der Waals surface area (Å²) < 4.78 is 5.13. The van der Waals surface area contributed by atoms with Crippen LogP contribution in [0.5, 0.6) is 5.75 Å². The second-order valence-corrected chi connectivity index (χ2v) is 5.11. The van der Waals surface area contributed by atoms with Crippen LogP contribution in [0.1, 0.15) is 23.3 Å². The van der Waals surface area contributed by atoms with Gasteiger partial charge in [-0.3, -0.25) is 5.10 Å². The molecule has 3 rings (SSSR count). The number of hydrogen-bond donors (Lipinski definition) is 3. The average Bonchev–Trinajstić information content (AvgIpc) is 3.09. The number of anilines is 1. The molecule has 0 aliphatic rings. The number of nitrogens with one attached hydrogen (secondary N) is 2. The molecule has 6 nitrogen and oxygen atoms in total. The molecule has 4 N–H and O–H groups in total. The summed E-state index contributed by atoms with van der Waals surface area (Å²) in [7, 11) is 1.65. The Kier molecular flexibility index (Phi) is 4.54. The summed E-state index contributed by atoms with van der Waals surface area (Å²) in [6.45, 7) is 0.542. The molecule has 1 heterocycles. The predicted molar refractivity (Wildman–Crippen MR) is 89.2 cm³/mol.